The zero-order valence-corrected chi connectivity index (χ0v) is 18.7. The van der Waals surface area contributed by atoms with Gasteiger partial charge in [0.1, 0.15) is 6.04 Å². The number of ether oxygens (including phenoxy) is 3. The molecule has 7 nitrogen and oxygen atoms in total. The van der Waals surface area contributed by atoms with Crippen molar-refractivity contribution in [1.82, 2.24) is 4.90 Å². The normalized spacial score (nSPS) is 17.6. The van der Waals surface area contributed by atoms with Crippen LogP contribution in [-0.4, -0.2) is 48.4 Å². The molecule has 0 radical (unpaired) electrons. The number of nitrogens with zero attached hydrogens (tertiary/aromatic N) is 1. The smallest absolute Gasteiger partial charge is 0.328 e. The third-order valence-electron chi connectivity index (χ3n) is 4.20. The third kappa shape index (κ3) is 4.70. The number of carbonyl (C=O) groups excluding carboxylic acids is 3. The zero-order valence-electron chi connectivity index (χ0n) is 16.3. The molecule has 9 heteroatoms. The van der Waals surface area contributed by atoms with Crippen LogP contribution in [0.5, 0.6) is 11.5 Å². The Balaban J connectivity index is 2.35. The van der Waals surface area contributed by atoms with Gasteiger partial charge in [-0.3, -0.25) is 14.5 Å². The van der Waals surface area contributed by atoms with Crippen molar-refractivity contribution in [1.29, 1.82) is 0 Å². The number of imide groups is 1. The summed E-state index contributed by atoms with van der Waals surface area (Å²) in [6, 6.07) is 2.51. The monoisotopic (exact) mass is 471 g/mol. The Bertz CT molecular complexity index is 825. The summed E-state index contributed by atoms with van der Waals surface area (Å²) in [5.41, 5.74) is 0.649. The summed E-state index contributed by atoms with van der Waals surface area (Å²) in [7, 11) is 2.74. The predicted octanol–water partition coefficient (Wildman–Crippen LogP) is 4.23. The van der Waals surface area contributed by atoms with Gasteiger partial charge >= 0.3 is 5.97 Å². The fourth-order valence-corrected chi connectivity index (χ4v) is 3.92. The zero-order chi connectivity index (χ0) is 21.0. The maximum atomic E-state index is 12.6. The van der Waals surface area contributed by atoms with Gasteiger partial charge in [0.2, 0.25) is 0 Å². The summed E-state index contributed by atoms with van der Waals surface area (Å²) in [5, 5.41) is -0.517. The SMILES string of the molecule is CC[C@@H](C)Oc1c(Br)cc(/C=C2/SC(=O)N([C@@H](C)C(=O)OC)C2=O)cc1OC. The molecule has 1 aliphatic heterocycles. The maximum absolute atomic E-state index is 12.6. The second-order valence-electron chi connectivity index (χ2n) is 6.12. The summed E-state index contributed by atoms with van der Waals surface area (Å²) < 4.78 is 16.6. The van der Waals surface area contributed by atoms with Gasteiger partial charge in [0.15, 0.2) is 11.5 Å². The lowest BCUT2D eigenvalue weighted by atomic mass is 10.1. The van der Waals surface area contributed by atoms with E-state index in [1.54, 1.807) is 18.2 Å². The number of carbonyl (C=O) groups is 3. The molecule has 0 aromatic heterocycles. The Labute approximate surface area is 176 Å². The third-order valence-corrected chi connectivity index (χ3v) is 5.67. The first-order chi connectivity index (χ1) is 13.2. The first-order valence-electron chi connectivity index (χ1n) is 8.62. The number of rotatable bonds is 7. The van der Waals surface area contributed by atoms with Crippen molar-refractivity contribution in [3.05, 3.63) is 27.1 Å². The van der Waals surface area contributed by atoms with Gasteiger partial charge in [0, 0.05) is 0 Å². The van der Waals surface area contributed by atoms with E-state index in [9.17, 15) is 14.4 Å². The highest BCUT2D eigenvalue weighted by Crippen LogP contribution is 2.40. The minimum Gasteiger partial charge on any atom is -0.493 e. The molecule has 0 unspecified atom stereocenters. The van der Waals surface area contributed by atoms with Gasteiger partial charge in [-0.05, 0) is 71.7 Å². The summed E-state index contributed by atoms with van der Waals surface area (Å²) in [6.07, 6.45) is 2.42. The summed E-state index contributed by atoms with van der Waals surface area (Å²) in [6.45, 7) is 5.43. The van der Waals surface area contributed by atoms with Crippen LogP contribution in [0.1, 0.15) is 32.8 Å². The molecule has 0 spiro atoms. The minimum atomic E-state index is -0.990. The molecule has 152 valence electrons. The first-order valence-corrected chi connectivity index (χ1v) is 10.2. The van der Waals surface area contributed by atoms with E-state index in [1.165, 1.54) is 21.1 Å². The molecule has 0 N–H and O–H groups in total. The molecular formula is C19H22BrNO6S. The summed E-state index contributed by atoms with van der Waals surface area (Å²) in [4.78, 5) is 37.6. The quantitative estimate of drug-likeness (QED) is 0.434. The van der Waals surface area contributed by atoms with Crippen LogP contribution in [-0.2, 0) is 14.3 Å². The van der Waals surface area contributed by atoms with Crippen LogP contribution < -0.4 is 9.47 Å². The van der Waals surface area contributed by atoms with E-state index in [4.69, 9.17) is 9.47 Å². The van der Waals surface area contributed by atoms with Crippen molar-refractivity contribution >= 4 is 50.9 Å². The lowest BCUT2D eigenvalue weighted by Gasteiger charge is -2.18. The fraction of sp³-hybridized carbons (Fsp3) is 0.421. The Morgan fingerprint density at radius 2 is 1.96 bits per heavy atom. The van der Waals surface area contributed by atoms with Crippen molar-refractivity contribution < 1.29 is 28.6 Å². The van der Waals surface area contributed by atoms with Crippen LogP contribution in [0.15, 0.2) is 21.5 Å². The molecule has 2 atom stereocenters. The van der Waals surface area contributed by atoms with Gasteiger partial charge in [0.05, 0.1) is 29.7 Å². The Kier molecular flexibility index (Phi) is 7.54. The molecule has 2 rings (SSSR count). The number of hydrogen-bond acceptors (Lipinski definition) is 7. The maximum Gasteiger partial charge on any atom is 0.328 e. The highest BCUT2D eigenvalue weighted by atomic mass is 79.9. The van der Waals surface area contributed by atoms with E-state index < -0.39 is 23.2 Å². The molecule has 1 aromatic rings. The first kappa shape index (κ1) is 22.3. The number of esters is 1. The molecule has 1 aromatic carbocycles. The van der Waals surface area contributed by atoms with Gasteiger partial charge in [-0.1, -0.05) is 6.92 Å². The molecule has 0 bridgehead atoms. The van der Waals surface area contributed by atoms with Gasteiger partial charge in [0.25, 0.3) is 11.1 Å². The van der Waals surface area contributed by atoms with E-state index in [-0.39, 0.29) is 11.0 Å². The molecule has 2 amide bonds. The van der Waals surface area contributed by atoms with Crippen LogP contribution in [0, 0.1) is 0 Å². The Morgan fingerprint density at radius 1 is 1.29 bits per heavy atom. The highest BCUT2D eigenvalue weighted by molar-refractivity contribution is 9.10. The lowest BCUT2D eigenvalue weighted by Crippen LogP contribution is -2.42. The van der Waals surface area contributed by atoms with Crippen molar-refractivity contribution in [2.24, 2.45) is 0 Å². The van der Waals surface area contributed by atoms with Crippen LogP contribution in [0.4, 0.5) is 4.79 Å². The van der Waals surface area contributed by atoms with Crippen LogP contribution >= 0.6 is 27.7 Å². The van der Waals surface area contributed by atoms with E-state index >= 15 is 0 Å². The average Bonchev–Trinajstić information content (AvgIpc) is 2.95. The molecule has 1 heterocycles. The second-order valence-corrected chi connectivity index (χ2v) is 7.97. The average molecular weight is 472 g/mol. The van der Waals surface area contributed by atoms with Crippen LogP contribution in [0.2, 0.25) is 0 Å². The fourth-order valence-electron chi connectivity index (χ4n) is 2.46. The Hall–Kier alpha value is -2.00. The number of amides is 2. The highest BCUT2D eigenvalue weighted by Gasteiger charge is 2.41. The number of thioether (sulfide) groups is 1. The molecule has 1 fully saturated rings. The summed E-state index contributed by atoms with van der Waals surface area (Å²) >= 11 is 4.25. The summed E-state index contributed by atoms with van der Waals surface area (Å²) in [5.74, 6) is -0.119. The van der Waals surface area contributed by atoms with Crippen molar-refractivity contribution in [2.45, 2.75) is 39.3 Å². The van der Waals surface area contributed by atoms with Crippen molar-refractivity contribution in [3.63, 3.8) is 0 Å². The number of methoxy groups -OCH3 is 2. The van der Waals surface area contributed by atoms with Crippen LogP contribution in [0.25, 0.3) is 6.08 Å². The largest absolute Gasteiger partial charge is 0.493 e. The standard InChI is InChI=1S/C19H22BrNO6S/c1-6-10(2)27-16-13(20)7-12(8-14(16)25-4)9-15-17(22)21(19(24)28-15)11(3)18(23)26-5/h7-11H,6H2,1-5H3/b15-9+/t10-,11+/m1/s1. The van der Waals surface area contributed by atoms with E-state index in [0.29, 0.717) is 21.5 Å². The molecule has 1 aliphatic rings. The number of halogens is 1. The molecule has 0 saturated carbocycles. The minimum absolute atomic E-state index is 0.00681. The van der Waals surface area contributed by atoms with Gasteiger partial charge in [-0.2, -0.15) is 0 Å². The molecule has 28 heavy (non-hydrogen) atoms. The predicted molar refractivity (Wildman–Crippen MR) is 110 cm³/mol. The molecular weight excluding hydrogens is 450 g/mol. The van der Waals surface area contributed by atoms with Gasteiger partial charge in [-0.25, -0.2) is 4.79 Å². The van der Waals surface area contributed by atoms with E-state index in [0.717, 1.165) is 23.1 Å². The van der Waals surface area contributed by atoms with E-state index in [2.05, 4.69) is 20.7 Å². The second kappa shape index (κ2) is 9.47. The lowest BCUT2D eigenvalue weighted by molar-refractivity contribution is -0.148. The number of hydrogen-bond donors (Lipinski definition) is 0. The Morgan fingerprint density at radius 3 is 2.54 bits per heavy atom. The topological polar surface area (TPSA) is 82.1 Å². The van der Waals surface area contributed by atoms with Gasteiger partial charge < -0.3 is 14.2 Å². The molecule has 1 saturated heterocycles. The van der Waals surface area contributed by atoms with Crippen molar-refractivity contribution in [3.8, 4) is 11.5 Å². The number of benzene rings is 1. The van der Waals surface area contributed by atoms with Gasteiger partial charge in [-0.15, -0.1) is 0 Å². The molecule has 0 aliphatic carbocycles. The van der Waals surface area contributed by atoms with E-state index in [1.807, 2.05) is 13.8 Å². The van der Waals surface area contributed by atoms with Crippen molar-refractivity contribution in [2.75, 3.05) is 14.2 Å². The van der Waals surface area contributed by atoms with Crippen LogP contribution in [0.3, 0.4) is 0 Å².